The SMILES string of the molecule is Cc1[c]c(-c2ccccc2)cn1-c1nc2cc(N)ccc2[nH]1. The molecule has 0 aliphatic rings. The summed E-state index contributed by atoms with van der Waals surface area (Å²) >= 11 is 0. The average Bonchev–Trinajstić information content (AvgIpc) is 3.11. The molecule has 0 bridgehead atoms. The number of H-pyrrole nitrogens is 1. The quantitative estimate of drug-likeness (QED) is 0.552. The minimum atomic E-state index is 0.714. The highest BCUT2D eigenvalue weighted by Crippen LogP contribution is 2.24. The summed E-state index contributed by atoms with van der Waals surface area (Å²) in [7, 11) is 0. The second kappa shape index (κ2) is 4.77. The minimum Gasteiger partial charge on any atom is -0.399 e. The Bertz CT molecular complexity index is 948. The van der Waals surface area contributed by atoms with Crippen LogP contribution in [0, 0.1) is 13.0 Å². The smallest absolute Gasteiger partial charge is 0.212 e. The van der Waals surface area contributed by atoms with E-state index in [0.717, 1.165) is 33.8 Å². The van der Waals surface area contributed by atoms with Crippen molar-refractivity contribution in [1.29, 1.82) is 0 Å². The van der Waals surface area contributed by atoms with Gasteiger partial charge in [0, 0.05) is 29.2 Å². The number of nitrogens with two attached hydrogens (primary N) is 1. The molecule has 0 unspecified atom stereocenters. The molecular weight excluding hydrogens is 272 g/mol. The van der Waals surface area contributed by atoms with Crippen LogP contribution in [0.2, 0.25) is 0 Å². The Labute approximate surface area is 128 Å². The van der Waals surface area contributed by atoms with Crippen LogP contribution in [0.25, 0.3) is 28.1 Å². The van der Waals surface area contributed by atoms with Crippen molar-refractivity contribution in [3.63, 3.8) is 0 Å². The molecule has 0 amide bonds. The largest absolute Gasteiger partial charge is 0.399 e. The minimum absolute atomic E-state index is 0.714. The number of aryl methyl sites for hydroxylation is 1. The molecule has 2 heterocycles. The number of rotatable bonds is 2. The first kappa shape index (κ1) is 12.7. The van der Waals surface area contributed by atoms with E-state index >= 15 is 0 Å². The third-order valence-corrected chi connectivity index (χ3v) is 3.74. The fourth-order valence-corrected chi connectivity index (χ4v) is 2.62. The maximum Gasteiger partial charge on any atom is 0.212 e. The molecule has 0 aliphatic heterocycles. The van der Waals surface area contributed by atoms with Crippen LogP contribution in [-0.4, -0.2) is 14.5 Å². The lowest BCUT2D eigenvalue weighted by Crippen LogP contribution is -1.96. The van der Waals surface area contributed by atoms with Gasteiger partial charge < -0.3 is 10.7 Å². The van der Waals surface area contributed by atoms with E-state index in [-0.39, 0.29) is 0 Å². The average molecular weight is 287 g/mol. The lowest BCUT2D eigenvalue weighted by atomic mass is 10.1. The summed E-state index contributed by atoms with van der Waals surface area (Å²) in [6, 6.07) is 19.3. The van der Waals surface area contributed by atoms with Gasteiger partial charge in [-0.2, -0.15) is 0 Å². The van der Waals surface area contributed by atoms with Crippen LogP contribution in [0.3, 0.4) is 0 Å². The van der Waals surface area contributed by atoms with Crippen LogP contribution in [0.1, 0.15) is 5.69 Å². The van der Waals surface area contributed by atoms with E-state index in [9.17, 15) is 0 Å². The van der Waals surface area contributed by atoms with Gasteiger partial charge in [-0.3, -0.25) is 4.57 Å². The molecule has 0 saturated heterocycles. The van der Waals surface area contributed by atoms with E-state index in [1.807, 2.05) is 54.1 Å². The highest BCUT2D eigenvalue weighted by molar-refractivity contribution is 5.80. The van der Waals surface area contributed by atoms with Gasteiger partial charge in [-0.15, -0.1) is 0 Å². The number of anilines is 1. The number of aromatic nitrogens is 3. The molecule has 4 heteroatoms. The van der Waals surface area contributed by atoms with E-state index in [0.29, 0.717) is 5.69 Å². The number of aromatic amines is 1. The van der Waals surface area contributed by atoms with Crippen LogP contribution >= 0.6 is 0 Å². The van der Waals surface area contributed by atoms with Gasteiger partial charge in [0.15, 0.2) is 0 Å². The number of fused-ring (bicyclic) bond motifs is 1. The molecule has 0 atom stereocenters. The monoisotopic (exact) mass is 287 g/mol. The van der Waals surface area contributed by atoms with E-state index in [4.69, 9.17) is 5.73 Å². The summed E-state index contributed by atoms with van der Waals surface area (Å²) in [5, 5.41) is 0. The molecule has 4 aromatic rings. The van der Waals surface area contributed by atoms with Crippen molar-refractivity contribution in [2.45, 2.75) is 6.92 Å². The number of benzene rings is 2. The van der Waals surface area contributed by atoms with Crippen molar-refractivity contribution < 1.29 is 0 Å². The molecule has 22 heavy (non-hydrogen) atoms. The molecule has 1 radical (unpaired) electrons. The zero-order chi connectivity index (χ0) is 15.1. The van der Waals surface area contributed by atoms with Crippen molar-refractivity contribution in [2.24, 2.45) is 0 Å². The van der Waals surface area contributed by atoms with Crippen molar-refractivity contribution in [3.8, 4) is 17.1 Å². The molecule has 0 aliphatic carbocycles. The van der Waals surface area contributed by atoms with Gasteiger partial charge in [-0.25, -0.2) is 4.98 Å². The summed E-state index contributed by atoms with van der Waals surface area (Å²) in [5.41, 5.74) is 11.6. The summed E-state index contributed by atoms with van der Waals surface area (Å²) in [5.74, 6) is 0.775. The molecule has 0 saturated carbocycles. The van der Waals surface area contributed by atoms with E-state index in [2.05, 4.69) is 28.2 Å². The van der Waals surface area contributed by atoms with E-state index < -0.39 is 0 Å². The van der Waals surface area contributed by atoms with Crippen LogP contribution in [0.15, 0.2) is 54.7 Å². The van der Waals surface area contributed by atoms with Crippen LogP contribution in [-0.2, 0) is 0 Å². The van der Waals surface area contributed by atoms with Crippen molar-refractivity contribution in [3.05, 3.63) is 66.5 Å². The van der Waals surface area contributed by atoms with Crippen LogP contribution in [0.4, 0.5) is 5.69 Å². The number of hydrogen-bond acceptors (Lipinski definition) is 2. The molecule has 0 spiro atoms. The lowest BCUT2D eigenvalue weighted by Gasteiger charge is -1.99. The van der Waals surface area contributed by atoms with Gasteiger partial charge in [0.25, 0.3) is 0 Å². The third-order valence-electron chi connectivity index (χ3n) is 3.74. The highest BCUT2D eigenvalue weighted by atomic mass is 15.2. The molecule has 107 valence electrons. The van der Waals surface area contributed by atoms with E-state index in [1.165, 1.54) is 0 Å². The maximum atomic E-state index is 5.81. The predicted octanol–water partition coefficient (Wildman–Crippen LogP) is 3.71. The van der Waals surface area contributed by atoms with Gasteiger partial charge in [0.2, 0.25) is 5.95 Å². The predicted molar refractivity (Wildman–Crippen MR) is 88.8 cm³/mol. The fraction of sp³-hybridized carbons (Fsp3) is 0.0556. The Balaban J connectivity index is 1.83. The zero-order valence-corrected chi connectivity index (χ0v) is 12.2. The summed E-state index contributed by atoms with van der Waals surface area (Å²) in [4.78, 5) is 7.94. The first-order valence-corrected chi connectivity index (χ1v) is 7.13. The van der Waals surface area contributed by atoms with Gasteiger partial charge >= 0.3 is 0 Å². The molecule has 4 nitrogen and oxygen atoms in total. The van der Waals surface area contributed by atoms with E-state index in [1.54, 1.807) is 0 Å². The lowest BCUT2D eigenvalue weighted by molar-refractivity contribution is 0.938. The summed E-state index contributed by atoms with van der Waals surface area (Å²) in [6.07, 6.45) is 2.05. The Kier molecular flexibility index (Phi) is 2.76. The number of imidazole rings is 1. The number of hydrogen-bond donors (Lipinski definition) is 2. The standard InChI is InChI=1S/C18H15N4/c1-12-9-14(13-5-3-2-4-6-13)11-22(12)18-20-16-8-7-15(19)10-17(16)21-18/h2-8,10-11H,19H2,1H3,(H,20,21). The van der Waals surface area contributed by atoms with Gasteiger partial charge in [0.1, 0.15) is 0 Å². The maximum absolute atomic E-state index is 5.81. The Morgan fingerprint density at radius 3 is 2.77 bits per heavy atom. The highest BCUT2D eigenvalue weighted by Gasteiger charge is 2.10. The van der Waals surface area contributed by atoms with Crippen molar-refractivity contribution in [1.82, 2.24) is 14.5 Å². The van der Waals surface area contributed by atoms with Crippen molar-refractivity contribution >= 4 is 16.7 Å². The first-order valence-electron chi connectivity index (χ1n) is 7.13. The van der Waals surface area contributed by atoms with Gasteiger partial charge in [-0.1, -0.05) is 30.3 Å². The Morgan fingerprint density at radius 1 is 1.14 bits per heavy atom. The normalized spacial score (nSPS) is 11.1. The van der Waals surface area contributed by atoms with Gasteiger partial charge in [0.05, 0.1) is 11.0 Å². The second-order valence-electron chi connectivity index (χ2n) is 5.33. The third kappa shape index (κ3) is 2.05. The number of nitrogens with one attached hydrogen (secondary N) is 1. The first-order chi connectivity index (χ1) is 10.7. The van der Waals surface area contributed by atoms with Crippen LogP contribution < -0.4 is 5.73 Å². The second-order valence-corrected chi connectivity index (χ2v) is 5.33. The molecule has 2 aromatic heterocycles. The van der Waals surface area contributed by atoms with Crippen LogP contribution in [0.5, 0.6) is 0 Å². The Morgan fingerprint density at radius 2 is 1.95 bits per heavy atom. The number of nitrogen functional groups attached to an aromatic ring is 1. The van der Waals surface area contributed by atoms with Gasteiger partial charge in [-0.05, 0) is 30.7 Å². The molecular formula is C18H15N4. The molecule has 4 rings (SSSR count). The molecule has 2 aromatic carbocycles. The molecule has 0 fully saturated rings. The summed E-state index contributed by atoms with van der Waals surface area (Å²) in [6.45, 7) is 2.02. The summed E-state index contributed by atoms with van der Waals surface area (Å²) < 4.78 is 2.01. The van der Waals surface area contributed by atoms with Crippen molar-refractivity contribution in [2.75, 3.05) is 5.73 Å². The zero-order valence-electron chi connectivity index (χ0n) is 12.2. The number of nitrogens with zero attached hydrogens (tertiary/aromatic N) is 2. The fourth-order valence-electron chi connectivity index (χ4n) is 2.62. The Hall–Kier alpha value is -3.01. The molecule has 3 N–H and O–H groups in total. The topological polar surface area (TPSA) is 59.6 Å².